The highest BCUT2D eigenvalue weighted by Crippen LogP contribution is 2.23. The molecule has 3 nitrogen and oxygen atoms in total. The average molecular weight is 241 g/mol. The SMILES string of the molecule is Cc1cccc(CC(NN)c2ccccc2N)c1. The highest BCUT2D eigenvalue weighted by atomic mass is 15.2. The minimum atomic E-state index is 0.0352. The van der Waals surface area contributed by atoms with Crippen LogP contribution in [0.3, 0.4) is 0 Å². The van der Waals surface area contributed by atoms with Gasteiger partial charge in [-0.05, 0) is 30.5 Å². The van der Waals surface area contributed by atoms with Crippen LogP contribution in [0.4, 0.5) is 5.69 Å². The lowest BCUT2D eigenvalue weighted by molar-refractivity contribution is 0.553. The van der Waals surface area contributed by atoms with Crippen LogP contribution < -0.4 is 17.0 Å². The Kier molecular flexibility index (Phi) is 3.97. The van der Waals surface area contributed by atoms with Gasteiger partial charge in [-0.25, -0.2) is 0 Å². The molecule has 18 heavy (non-hydrogen) atoms. The lowest BCUT2D eigenvalue weighted by Gasteiger charge is -2.18. The minimum Gasteiger partial charge on any atom is -0.398 e. The number of hydrazine groups is 1. The van der Waals surface area contributed by atoms with Crippen molar-refractivity contribution in [2.75, 3.05) is 5.73 Å². The van der Waals surface area contributed by atoms with Crippen molar-refractivity contribution < 1.29 is 0 Å². The van der Waals surface area contributed by atoms with Crippen molar-refractivity contribution in [3.63, 3.8) is 0 Å². The van der Waals surface area contributed by atoms with Gasteiger partial charge in [-0.2, -0.15) is 0 Å². The molecule has 0 aliphatic carbocycles. The Bertz CT molecular complexity index is 523. The third-order valence-corrected chi connectivity index (χ3v) is 3.09. The maximum atomic E-state index is 5.99. The molecule has 0 fully saturated rings. The van der Waals surface area contributed by atoms with E-state index in [1.54, 1.807) is 0 Å². The van der Waals surface area contributed by atoms with Crippen molar-refractivity contribution in [2.24, 2.45) is 5.84 Å². The zero-order chi connectivity index (χ0) is 13.0. The molecule has 0 aromatic heterocycles. The van der Waals surface area contributed by atoms with E-state index in [0.717, 1.165) is 17.7 Å². The van der Waals surface area contributed by atoms with Crippen molar-refractivity contribution in [3.05, 3.63) is 65.2 Å². The number of para-hydroxylation sites is 1. The molecule has 0 bridgehead atoms. The van der Waals surface area contributed by atoms with Crippen LogP contribution in [0, 0.1) is 6.92 Å². The molecule has 0 spiro atoms. The van der Waals surface area contributed by atoms with E-state index in [9.17, 15) is 0 Å². The van der Waals surface area contributed by atoms with Crippen molar-refractivity contribution in [1.29, 1.82) is 0 Å². The predicted molar refractivity (Wildman–Crippen MR) is 75.8 cm³/mol. The molecule has 3 heteroatoms. The molecule has 94 valence electrons. The number of nitrogen functional groups attached to an aromatic ring is 1. The van der Waals surface area contributed by atoms with Gasteiger partial charge >= 0.3 is 0 Å². The summed E-state index contributed by atoms with van der Waals surface area (Å²) in [6.45, 7) is 2.09. The summed E-state index contributed by atoms with van der Waals surface area (Å²) >= 11 is 0. The van der Waals surface area contributed by atoms with Gasteiger partial charge in [-0.1, -0.05) is 48.0 Å². The van der Waals surface area contributed by atoms with Gasteiger partial charge in [0.25, 0.3) is 0 Å². The second-order valence-corrected chi connectivity index (χ2v) is 4.54. The molecule has 0 aliphatic rings. The van der Waals surface area contributed by atoms with Gasteiger partial charge in [0.1, 0.15) is 0 Å². The van der Waals surface area contributed by atoms with Crippen molar-refractivity contribution >= 4 is 5.69 Å². The van der Waals surface area contributed by atoms with E-state index in [0.29, 0.717) is 0 Å². The zero-order valence-corrected chi connectivity index (χ0v) is 10.6. The van der Waals surface area contributed by atoms with E-state index >= 15 is 0 Å². The molecule has 0 amide bonds. The monoisotopic (exact) mass is 241 g/mol. The van der Waals surface area contributed by atoms with E-state index in [2.05, 4.69) is 36.6 Å². The van der Waals surface area contributed by atoms with Gasteiger partial charge in [0.15, 0.2) is 0 Å². The molecule has 0 saturated heterocycles. The second-order valence-electron chi connectivity index (χ2n) is 4.54. The van der Waals surface area contributed by atoms with Gasteiger partial charge < -0.3 is 5.73 Å². The van der Waals surface area contributed by atoms with Crippen molar-refractivity contribution in [2.45, 2.75) is 19.4 Å². The summed E-state index contributed by atoms with van der Waals surface area (Å²) in [6, 6.07) is 16.3. The van der Waals surface area contributed by atoms with Crippen LogP contribution in [0.25, 0.3) is 0 Å². The van der Waals surface area contributed by atoms with E-state index in [1.807, 2.05) is 24.3 Å². The van der Waals surface area contributed by atoms with Gasteiger partial charge in [-0.15, -0.1) is 0 Å². The van der Waals surface area contributed by atoms with Gasteiger partial charge in [-0.3, -0.25) is 11.3 Å². The summed E-state index contributed by atoms with van der Waals surface area (Å²) in [5, 5.41) is 0. The van der Waals surface area contributed by atoms with Crippen LogP contribution in [0.5, 0.6) is 0 Å². The Morgan fingerprint density at radius 3 is 2.56 bits per heavy atom. The normalized spacial score (nSPS) is 12.3. The number of hydrogen-bond donors (Lipinski definition) is 3. The number of nitrogens with two attached hydrogens (primary N) is 2. The molecule has 0 saturated carbocycles. The van der Waals surface area contributed by atoms with Crippen LogP contribution >= 0.6 is 0 Å². The van der Waals surface area contributed by atoms with Crippen LogP contribution in [0.2, 0.25) is 0 Å². The first kappa shape index (κ1) is 12.6. The Hall–Kier alpha value is -1.84. The largest absolute Gasteiger partial charge is 0.398 e. The quantitative estimate of drug-likeness (QED) is 0.437. The molecule has 2 rings (SSSR count). The summed E-state index contributed by atoms with van der Waals surface area (Å²) in [6.07, 6.45) is 0.826. The first-order valence-corrected chi connectivity index (χ1v) is 6.07. The topological polar surface area (TPSA) is 64.1 Å². The molecule has 2 aromatic rings. The number of rotatable bonds is 4. The van der Waals surface area contributed by atoms with Crippen LogP contribution in [0.1, 0.15) is 22.7 Å². The first-order chi connectivity index (χ1) is 8.70. The van der Waals surface area contributed by atoms with Crippen molar-refractivity contribution in [1.82, 2.24) is 5.43 Å². The number of anilines is 1. The molecule has 1 unspecified atom stereocenters. The fraction of sp³-hybridized carbons (Fsp3) is 0.200. The Morgan fingerprint density at radius 2 is 1.89 bits per heavy atom. The smallest absolute Gasteiger partial charge is 0.0520 e. The molecule has 5 N–H and O–H groups in total. The number of nitrogens with one attached hydrogen (secondary N) is 1. The number of aryl methyl sites for hydroxylation is 1. The fourth-order valence-electron chi connectivity index (χ4n) is 2.16. The Morgan fingerprint density at radius 1 is 1.11 bits per heavy atom. The van der Waals surface area contributed by atoms with Crippen LogP contribution in [-0.2, 0) is 6.42 Å². The van der Waals surface area contributed by atoms with Gasteiger partial charge in [0.05, 0.1) is 6.04 Å². The standard InChI is InChI=1S/C15H19N3/c1-11-5-4-6-12(9-11)10-15(18-17)13-7-2-3-8-14(13)16/h2-9,15,18H,10,16-17H2,1H3. The summed E-state index contributed by atoms with van der Waals surface area (Å²) in [5.41, 5.74) is 13.2. The highest BCUT2D eigenvalue weighted by Gasteiger charge is 2.12. The van der Waals surface area contributed by atoms with E-state index in [1.165, 1.54) is 11.1 Å². The lowest BCUT2D eigenvalue weighted by atomic mass is 9.97. The first-order valence-electron chi connectivity index (χ1n) is 6.07. The summed E-state index contributed by atoms with van der Waals surface area (Å²) in [7, 11) is 0. The van der Waals surface area contributed by atoms with Crippen LogP contribution in [-0.4, -0.2) is 0 Å². The lowest BCUT2D eigenvalue weighted by Crippen LogP contribution is -2.30. The summed E-state index contributed by atoms with van der Waals surface area (Å²) in [4.78, 5) is 0. The zero-order valence-electron chi connectivity index (χ0n) is 10.6. The fourth-order valence-corrected chi connectivity index (χ4v) is 2.16. The number of hydrogen-bond acceptors (Lipinski definition) is 3. The molecular formula is C15H19N3. The third-order valence-electron chi connectivity index (χ3n) is 3.09. The van der Waals surface area contributed by atoms with E-state index < -0.39 is 0 Å². The van der Waals surface area contributed by atoms with Gasteiger partial charge in [0.2, 0.25) is 0 Å². The third kappa shape index (κ3) is 2.88. The van der Waals surface area contributed by atoms with E-state index in [4.69, 9.17) is 11.6 Å². The molecule has 0 aliphatic heterocycles. The summed E-state index contributed by atoms with van der Waals surface area (Å²) < 4.78 is 0. The van der Waals surface area contributed by atoms with E-state index in [-0.39, 0.29) is 6.04 Å². The maximum Gasteiger partial charge on any atom is 0.0520 e. The highest BCUT2D eigenvalue weighted by molar-refractivity contribution is 5.48. The molecule has 0 radical (unpaired) electrons. The minimum absolute atomic E-state index is 0.0352. The molecule has 0 heterocycles. The molecule has 2 aromatic carbocycles. The van der Waals surface area contributed by atoms with Crippen LogP contribution in [0.15, 0.2) is 48.5 Å². The Balaban J connectivity index is 2.23. The average Bonchev–Trinajstić information content (AvgIpc) is 2.37. The summed E-state index contributed by atoms with van der Waals surface area (Å²) in [5.74, 6) is 5.65. The maximum absolute atomic E-state index is 5.99. The van der Waals surface area contributed by atoms with Crippen molar-refractivity contribution in [3.8, 4) is 0 Å². The number of benzene rings is 2. The van der Waals surface area contributed by atoms with Gasteiger partial charge in [0, 0.05) is 5.69 Å². The molecule has 1 atom stereocenters. The predicted octanol–water partition coefficient (Wildman–Crippen LogP) is 2.32. The molecular weight excluding hydrogens is 222 g/mol. The Labute approximate surface area is 108 Å². The second kappa shape index (κ2) is 5.67.